The van der Waals surface area contributed by atoms with Crippen molar-refractivity contribution in [3.8, 4) is 0 Å². The van der Waals surface area contributed by atoms with Crippen LogP contribution in [0.5, 0.6) is 0 Å². The zero-order valence-corrected chi connectivity index (χ0v) is 12.0. The molecule has 0 radical (unpaired) electrons. The van der Waals surface area contributed by atoms with Crippen molar-refractivity contribution in [1.29, 1.82) is 0 Å². The third-order valence-corrected chi connectivity index (χ3v) is 2.92. The summed E-state index contributed by atoms with van der Waals surface area (Å²) in [7, 11) is 0. The Bertz CT molecular complexity index is 633. The Hall–Kier alpha value is -1.85. The number of nitrogens with zero attached hydrogens (tertiary/aromatic N) is 2. The van der Waals surface area contributed by atoms with E-state index < -0.39 is 5.97 Å². The highest BCUT2D eigenvalue weighted by molar-refractivity contribution is 6.37. The molecule has 0 N–H and O–H groups in total. The molecule has 0 spiro atoms. The van der Waals surface area contributed by atoms with Crippen LogP contribution in [0.4, 0.5) is 0 Å². The third kappa shape index (κ3) is 3.37. The van der Waals surface area contributed by atoms with Crippen LogP contribution in [0.25, 0.3) is 12.2 Å². The zero-order valence-electron chi connectivity index (χ0n) is 10.5. The molecule has 0 bridgehead atoms. The number of hydrogen-bond donors (Lipinski definition) is 0. The number of carbonyl (C=O) groups is 1. The van der Waals surface area contributed by atoms with Gasteiger partial charge in [0, 0.05) is 24.0 Å². The largest absolute Gasteiger partial charge is 0.461 e. The highest BCUT2D eigenvalue weighted by atomic mass is 35.5. The Morgan fingerprint density at radius 1 is 1.35 bits per heavy atom. The molecule has 0 unspecified atom stereocenters. The minimum absolute atomic E-state index is 0.110. The molecular formula is C13H10Cl2N2O3. The molecular weight excluding hydrogens is 303 g/mol. The van der Waals surface area contributed by atoms with Gasteiger partial charge in [-0.3, -0.25) is 4.98 Å². The van der Waals surface area contributed by atoms with Gasteiger partial charge in [0.05, 0.1) is 16.7 Å². The lowest BCUT2D eigenvalue weighted by atomic mass is 10.2. The van der Waals surface area contributed by atoms with Crippen molar-refractivity contribution in [2.45, 2.75) is 6.92 Å². The molecule has 0 fully saturated rings. The van der Waals surface area contributed by atoms with Gasteiger partial charge in [0.15, 0.2) is 11.5 Å². The van der Waals surface area contributed by atoms with Crippen molar-refractivity contribution in [2.75, 3.05) is 6.61 Å². The summed E-state index contributed by atoms with van der Waals surface area (Å²) >= 11 is 11.9. The summed E-state index contributed by atoms with van der Waals surface area (Å²) in [4.78, 5) is 15.3. The summed E-state index contributed by atoms with van der Waals surface area (Å²) in [5.41, 5.74) is 0.718. The van der Waals surface area contributed by atoms with E-state index in [4.69, 9.17) is 32.5 Å². The molecule has 2 aromatic rings. The van der Waals surface area contributed by atoms with E-state index in [0.29, 0.717) is 21.4 Å². The first-order chi connectivity index (χ1) is 9.61. The molecule has 2 rings (SSSR count). The van der Waals surface area contributed by atoms with Crippen molar-refractivity contribution in [3.63, 3.8) is 0 Å². The van der Waals surface area contributed by atoms with Crippen molar-refractivity contribution >= 4 is 41.3 Å². The van der Waals surface area contributed by atoms with Gasteiger partial charge in [-0.05, 0) is 19.1 Å². The number of rotatable bonds is 4. The van der Waals surface area contributed by atoms with Gasteiger partial charge in [-0.15, -0.1) is 0 Å². The highest BCUT2D eigenvalue weighted by Gasteiger charge is 2.12. The van der Waals surface area contributed by atoms with Gasteiger partial charge in [-0.2, -0.15) is 0 Å². The first-order valence-corrected chi connectivity index (χ1v) is 6.48. The predicted octanol–water partition coefficient (Wildman–Crippen LogP) is 3.72. The van der Waals surface area contributed by atoms with Crippen molar-refractivity contribution in [1.82, 2.24) is 10.1 Å². The lowest BCUT2D eigenvalue weighted by molar-refractivity contribution is 0.0514. The Morgan fingerprint density at radius 3 is 2.70 bits per heavy atom. The summed E-state index contributed by atoms with van der Waals surface area (Å²) in [6.45, 7) is 1.99. The van der Waals surface area contributed by atoms with Gasteiger partial charge in [-0.1, -0.05) is 28.4 Å². The number of ether oxygens (including phenoxy) is 1. The average Bonchev–Trinajstić information content (AvgIpc) is 2.87. The normalized spacial score (nSPS) is 10.9. The molecule has 2 aromatic heterocycles. The Labute approximate surface area is 125 Å². The zero-order chi connectivity index (χ0) is 14.5. The van der Waals surface area contributed by atoms with Gasteiger partial charge in [0.25, 0.3) is 0 Å². The summed E-state index contributed by atoms with van der Waals surface area (Å²) in [5, 5.41) is 4.44. The third-order valence-electron chi connectivity index (χ3n) is 2.32. The number of halogens is 2. The summed E-state index contributed by atoms with van der Waals surface area (Å²) < 4.78 is 9.80. The van der Waals surface area contributed by atoms with Crippen LogP contribution >= 0.6 is 23.2 Å². The fourth-order valence-corrected chi connectivity index (χ4v) is 1.91. The van der Waals surface area contributed by atoms with Crippen molar-refractivity contribution < 1.29 is 14.1 Å². The van der Waals surface area contributed by atoms with Gasteiger partial charge in [0.2, 0.25) is 0 Å². The molecule has 20 heavy (non-hydrogen) atoms. The fraction of sp³-hybridized carbons (Fsp3) is 0.154. The second-order valence-corrected chi connectivity index (χ2v) is 4.50. The van der Waals surface area contributed by atoms with E-state index in [-0.39, 0.29) is 12.3 Å². The van der Waals surface area contributed by atoms with E-state index in [1.807, 2.05) is 0 Å². The molecule has 0 aliphatic carbocycles. The molecule has 0 saturated carbocycles. The molecule has 0 atom stereocenters. The standard InChI is InChI=1S/C13H10Cl2N2O3/c1-2-19-13(18)12-5-8(20-17-12)3-4-9-10(14)6-16-7-11(9)15/h3-7H,2H2,1H3/b4-3+. The maximum atomic E-state index is 11.4. The second kappa shape index (κ2) is 6.54. The van der Waals surface area contributed by atoms with Crippen LogP contribution in [0.1, 0.15) is 28.7 Å². The van der Waals surface area contributed by atoms with E-state index in [1.54, 1.807) is 19.1 Å². The minimum Gasteiger partial charge on any atom is -0.461 e. The van der Waals surface area contributed by atoms with Gasteiger partial charge in [0.1, 0.15) is 0 Å². The summed E-state index contributed by atoms with van der Waals surface area (Å²) in [6.07, 6.45) is 6.22. The molecule has 0 saturated heterocycles. The van der Waals surface area contributed by atoms with Crippen LogP contribution in [-0.4, -0.2) is 22.7 Å². The molecule has 7 heteroatoms. The van der Waals surface area contributed by atoms with E-state index in [1.165, 1.54) is 18.5 Å². The number of hydrogen-bond acceptors (Lipinski definition) is 5. The minimum atomic E-state index is -0.532. The van der Waals surface area contributed by atoms with E-state index in [2.05, 4.69) is 10.1 Å². The van der Waals surface area contributed by atoms with Crippen LogP contribution in [0.15, 0.2) is 23.0 Å². The van der Waals surface area contributed by atoms with E-state index in [0.717, 1.165) is 0 Å². The first kappa shape index (κ1) is 14.6. The van der Waals surface area contributed by atoms with Gasteiger partial charge >= 0.3 is 5.97 Å². The lowest BCUT2D eigenvalue weighted by Gasteiger charge is -1.98. The number of pyridine rings is 1. The molecule has 0 amide bonds. The van der Waals surface area contributed by atoms with Gasteiger partial charge < -0.3 is 9.26 Å². The second-order valence-electron chi connectivity index (χ2n) is 3.69. The Morgan fingerprint density at radius 2 is 2.05 bits per heavy atom. The number of carbonyl (C=O) groups excluding carboxylic acids is 1. The smallest absolute Gasteiger partial charge is 0.360 e. The van der Waals surface area contributed by atoms with Crippen LogP contribution in [0, 0.1) is 0 Å². The number of aromatic nitrogens is 2. The average molecular weight is 313 g/mol. The molecule has 0 aliphatic heterocycles. The first-order valence-electron chi connectivity index (χ1n) is 5.72. The van der Waals surface area contributed by atoms with Crippen LogP contribution < -0.4 is 0 Å². The van der Waals surface area contributed by atoms with Crippen LogP contribution in [0.2, 0.25) is 10.0 Å². The Kier molecular flexibility index (Phi) is 4.76. The topological polar surface area (TPSA) is 65.2 Å². The quantitative estimate of drug-likeness (QED) is 0.805. The maximum Gasteiger partial charge on any atom is 0.360 e. The predicted molar refractivity (Wildman–Crippen MR) is 75.6 cm³/mol. The number of esters is 1. The van der Waals surface area contributed by atoms with E-state index >= 15 is 0 Å². The summed E-state index contributed by atoms with van der Waals surface area (Å²) in [5.74, 6) is -0.145. The van der Waals surface area contributed by atoms with Crippen LogP contribution in [-0.2, 0) is 4.74 Å². The highest BCUT2D eigenvalue weighted by Crippen LogP contribution is 2.25. The molecule has 0 aliphatic rings. The molecule has 0 aromatic carbocycles. The van der Waals surface area contributed by atoms with Gasteiger partial charge in [-0.25, -0.2) is 4.79 Å². The van der Waals surface area contributed by atoms with Crippen LogP contribution in [0.3, 0.4) is 0 Å². The monoisotopic (exact) mass is 312 g/mol. The fourth-order valence-electron chi connectivity index (χ4n) is 1.42. The molecule has 2 heterocycles. The lowest BCUT2D eigenvalue weighted by Crippen LogP contribution is -2.04. The molecule has 104 valence electrons. The van der Waals surface area contributed by atoms with Crippen molar-refractivity contribution in [3.05, 3.63) is 45.5 Å². The van der Waals surface area contributed by atoms with Crippen molar-refractivity contribution in [2.24, 2.45) is 0 Å². The Balaban J connectivity index is 2.18. The maximum absolute atomic E-state index is 11.4. The van der Waals surface area contributed by atoms with E-state index in [9.17, 15) is 4.79 Å². The SMILES string of the molecule is CCOC(=O)c1cc(/C=C/c2c(Cl)cncc2Cl)on1. The molecule has 5 nitrogen and oxygen atoms in total. The summed E-state index contributed by atoms with van der Waals surface area (Å²) in [6, 6.07) is 1.47.